The van der Waals surface area contributed by atoms with E-state index in [9.17, 15) is 19.1 Å². The van der Waals surface area contributed by atoms with Crippen LogP contribution in [0.3, 0.4) is 0 Å². The summed E-state index contributed by atoms with van der Waals surface area (Å²) in [7, 11) is 0. The van der Waals surface area contributed by atoms with Crippen LogP contribution >= 0.6 is 15.9 Å². The standard InChI is InChI=1S/C11H8BrFO3/c12-9-3-6(13)1-2-8(9)11(10(15)16)4-7(14)5-11/h1-3H,4-5H2,(H,15,16). The Morgan fingerprint density at radius 2 is 2.06 bits per heavy atom. The molecule has 3 nitrogen and oxygen atoms in total. The predicted molar refractivity (Wildman–Crippen MR) is 57.7 cm³/mol. The summed E-state index contributed by atoms with van der Waals surface area (Å²) in [6.45, 7) is 0. The molecule has 0 atom stereocenters. The minimum Gasteiger partial charge on any atom is -0.481 e. The molecule has 0 heterocycles. The molecular weight excluding hydrogens is 279 g/mol. The Bertz CT molecular complexity index is 476. The normalized spacial score (nSPS) is 18.0. The summed E-state index contributed by atoms with van der Waals surface area (Å²) >= 11 is 3.13. The zero-order valence-corrected chi connectivity index (χ0v) is 9.75. The third-order valence-electron chi connectivity index (χ3n) is 2.85. The van der Waals surface area contributed by atoms with E-state index in [0.717, 1.165) is 0 Å². The number of carboxylic acids is 1. The van der Waals surface area contributed by atoms with Crippen molar-refractivity contribution in [3.8, 4) is 0 Å². The van der Waals surface area contributed by atoms with Crippen LogP contribution in [0.5, 0.6) is 0 Å². The molecule has 1 aliphatic rings. The lowest BCUT2D eigenvalue weighted by Crippen LogP contribution is -2.48. The molecule has 0 amide bonds. The highest BCUT2D eigenvalue weighted by Crippen LogP contribution is 2.44. The Hall–Kier alpha value is -1.23. The first-order valence-corrected chi connectivity index (χ1v) is 5.46. The largest absolute Gasteiger partial charge is 0.481 e. The van der Waals surface area contributed by atoms with Crippen LogP contribution in [0.4, 0.5) is 4.39 Å². The molecule has 84 valence electrons. The Kier molecular flexibility index (Phi) is 2.58. The maximum atomic E-state index is 12.9. The van der Waals surface area contributed by atoms with E-state index in [1.807, 2.05) is 0 Å². The van der Waals surface area contributed by atoms with Crippen LogP contribution in [0.2, 0.25) is 0 Å². The molecule has 0 bridgehead atoms. The first-order chi connectivity index (χ1) is 7.45. The van der Waals surface area contributed by atoms with Crippen molar-refractivity contribution in [2.24, 2.45) is 0 Å². The van der Waals surface area contributed by atoms with Crippen molar-refractivity contribution in [2.45, 2.75) is 18.3 Å². The number of carbonyl (C=O) groups is 2. The van der Waals surface area contributed by atoms with Crippen molar-refractivity contribution in [3.05, 3.63) is 34.1 Å². The minimum absolute atomic E-state index is 0.0213. The number of benzene rings is 1. The van der Waals surface area contributed by atoms with Gasteiger partial charge in [0, 0.05) is 17.3 Å². The van der Waals surface area contributed by atoms with Gasteiger partial charge in [0.25, 0.3) is 0 Å². The summed E-state index contributed by atoms with van der Waals surface area (Å²) in [6, 6.07) is 3.83. The average molecular weight is 287 g/mol. The maximum Gasteiger partial charge on any atom is 0.315 e. The van der Waals surface area contributed by atoms with Crippen LogP contribution in [0.25, 0.3) is 0 Å². The SMILES string of the molecule is O=C1CC(C(=O)O)(c2ccc(F)cc2Br)C1. The van der Waals surface area contributed by atoms with E-state index in [4.69, 9.17) is 0 Å². The number of halogens is 2. The van der Waals surface area contributed by atoms with Crippen LogP contribution in [0.1, 0.15) is 18.4 Å². The van der Waals surface area contributed by atoms with Gasteiger partial charge in [-0.3, -0.25) is 9.59 Å². The summed E-state index contributed by atoms with van der Waals surface area (Å²) in [5, 5.41) is 9.18. The average Bonchev–Trinajstić information content (AvgIpc) is 2.12. The highest BCUT2D eigenvalue weighted by Gasteiger charge is 2.52. The van der Waals surface area contributed by atoms with Gasteiger partial charge in [0.2, 0.25) is 0 Å². The predicted octanol–water partition coefficient (Wildman–Crippen LogP) is 2.27. The third-order valence-corrected chi connectivity index (χ3v) is 3.51. The van der Waals surface area contributed by atoms with E-state index in [2.05, 4.69) is 15.9 Å². The Morgan fingerprint density at radius 3 is 2.50 bits per heavy atom. The van der Waals surface area contributed by atoms with E-state index in [-0.39, 0.29) is 18.6 Å². The topological polar surface area (TPSA) is 54.4 Å². The molecule has 0 saturated heterocycles. The van der Waals surface area contributed by atoms with Crippen LogP contribution < -0.4 is 0 Å². The molecule has 0 unspecified atom stereocenters. The monoisotopic (exact) mass is 286 g/mol. The molecule has 1 fully saturated rings. The molecular formula is C11H8BrFO3. The van der Waals surface area contributed by atoms with E-state index in [1.165, 1.54) is 18.2 Å². The summed E-state index contributed by atoms with van der Waals surface area (Å²) in [5.41, 5.74) is -0.718. The van der Waals surface area contributed by atoms with Crippen molar-refractivity contribution >= 4 is 27.7 Å². The number of carboxylic acid groups (broad SMARTS) is 1. The van der Waals surface area contributed by atoms with Gasteiger partial charge in [0.05, 0.1) is 0 Å². The number of carbonyl (C=O) groups excluding carboxylic acids is 1. The summed E-state index contributed by atoms with van der Waals surface area (Å²) in [4.78, 5) is 22.2. The summed E-state index contributed by atoms with van der Waals surface area (Å²) < 4.78 is 13.3. The van der Waals surface area contributed by atoms with E-state index >= 15 is 0 Å². The Balaban J connectivity index is 2.49. The lowest BCUT2D eigenvalue weighted by atomic mass is 9.63. The number of Topliss-reactive ketones (excluding diaryl/α,β-unsaturated/α-hetero) is 1. The fraction of sp³-hybridized carbons (Fsp3) is 0.273. The molecule has 16 heavy (non-hydrogen) atoms. The van der Waals surface area contributed by atoms with Crippen LogP contribution in [-0.2, 0) is 15.0 Å². The highest BCUT2D eigenvalue weighted by molar-refractivity contribution is 9.10. The molecule has 1 aliphatic carbocycles. The van der Waals surface area contributed by atoms with E-state index in [0.29, 0.717) is 10.0 Å². The number of hydrogen-bond donors (Lipinski definition) is 1. The fourth-order valence-corrected chi connectivity index (χ4v) is 2.69. The van der Waals surface area contributed by atoms with E-state index < -0.39 is 17.2 Å². The maximum absolute atomic E-state index is 12.9. The summed E-state index contributed by atoms with van der Waals surface area (Å²) in [5.74, 6) is -1.57. The minimum atomic E-state index is -1.18. The summed E-state index contributed by atoms with van der Waals surface area (Å²) in [6.07, 6.45) is -0.0425. The molecule has 0 aromatic heterocycles. The highest BCUT2D eigenvalue weighted by atomic mass is 79.9. The molecule has 1 saturated carbocycles. The van der Waals surface area contributed by atoms with Crippen LogP contribution in [0, 0.1) is 5.82 Å². The molecule has 2 rings (SSSR count). The first-order valence-electron chi connectivity index (χ1n) is 4.66. The zero-order valence-electron chi connectivity index (χ0n) is 8.17. The quantitative estimate of drug-likeness (QED) is 0.907. The van der Waals surface area contributed by atoms with E-state index in [1.54, 1.807) is 0 Å². The van der Waals surface area contributed by atoms with Crippen LogP contribution in [-0.4, -0.2) is 16.9 Å². The first kappa shape index (κ1) is 11.3. The second-order valence-corrected chi connectivity index (χ2v) is 4.76. The van der Waals surface area contributed by atoms with Crippen molar-refractivity contribution in [2.75, 3.05) is 0 Å². The van der Waals surface area contributed by atoms with Gasteiger partial charge in [0.15, 0.2) is 0 Å². The zero-order chi connectivity index (χ0) is 11.9. The molecule has 0 aliphatic heterocycles. The smallest absolute Gasteiger partial charge is 0.315 e. The second-order valence-electron chi connectivity index (χ2n) is 3.90. The lowest BCUT2D eigenvalue weighted by Gasteiger charge is -2.37. The Labute approximate surface area is 99.4 Å². The van der Waals surface area contributed by atoms with Crippen molar-refractivity contribution in [1.82, 2.24) is 0 Å². The number of rotatable bonds is 2. The Morgan fingerprint density at radius 1 is 1.44 bits per heavy atom. The molecule has 5 heteroatoms. The van der Waals surface area contributed by atoms with Gasteiger partial charge in [-0.25, -0.2) is 4.39 Å². The van der Waals surface area contributed by atoms with Crippen LogP contribution in [0.15, 0.2) is 22.7 Å². The second kappa shape index (κ2) is 3.66. The molecule has 0 spiro atoms. The van der Waals surface area contributed by atoms with Gasteiger partial charge in [-0.15, -0.1) is 0 Å². The number of hydrogen-bond acceptors (Lipinski definition) is 2. The van der Waals surface area contributed by atoms with Gasteiger partial charge in [-0.1, -0.05) is 22.0 Å². The number of ketones is 1. The van der Waals surface area contributed by atoms with Crippen molar-refractivity contribution < 1.29 is 19.1 Å². The van der Waals surface area contributed by atoms with Gasteiger partial charge in [-0.05, 0) is 17.7 Å². The van der Waals surface area contributed by atoms with Crippen molar-refractivity contribution in [1.29, 1.82) is 0 Å². The molecule has 0 radical (unpaired) electrons. The molecule has 1 aromatic rings. The lowest BCUT2D eigenvalue weighted by molar-refractivity contribution is -0.153. The van der Waals surface area contributed by atoms with Gasteiger partial charge in [-0.2, -0.15) is 0 Å². The van der Waals surface area contributed by atoms with Gasteiger partial charge in [0.1, 0.15) is 17.0 Å². The van der Waals surface area contributed by atoms with Crippen molar-refractivity contribution in [3.63, 3.8) is 0 Å². The third kappa shape index (κ3) is 1.55. The number of aliphatic carboxylic acids is 1. The van der Waals surface area contributed by atoms with Gasteiger partial charge >= 0.3 is 5.97 Å². The van der Waals surface area contributed by atoms with Gasteiger partial charge < -0.3 is 5.11 Å². The molecule has 1 aromatic carbocycles. The molecule has 1 N–H and O–H groups in total. The fourth-order valence-electron chi connectivity index (χ4n) is 1.96.